The number of carbonyl (C=O) groups is 2. The van der Waals surface area contributed by atoms with Gasteiger partial charge in [-0.2, -0.15) is 0 Å². The predicted molar refractivity (Wildman–Crippen MR) is 46.7 cm³/mol. The van der Waals surface area contributed by atoms with Crippen molar-refractivity contribution in [1.29, 1.82) is 0 Å². The van der Waals surface area contributed by atoms with Crippen molar-refractivity contribution in [2.45, 2.75) is 12.5 Å². The normalized spacial score (nSPS) is 10.9. The number of aliphatic hydroxyl groups is 1. The van der Waals surface area contributed by atoms with Crippen LogP contribution in [0.3, 0.4) is 0 Å². The van der Waals surface area contributed by atoms with E-state index in [1.54, 1.807) is 0 Å². The van der Waals surface area contributed by atoms with E-state index in [2.05, 4.69) is 4.98 Å². The summed E-state index contributed by atoms with van der Waals surface area (Å²) in [4.78, 5) is 22.3. The maximum absolute atomic E-state index is 9.72. The van der Waals surface area contributed by atoms with E-state index < -0.39 is 24.5 Å². The van der Waals surface area contributed by atoms with Gasteiger partial charge in [-0.05, 0) is 12.1 Å². The third kappa shape index (κ3) is 6.86. The number of H-pyrrole nitrogens is 1. The summed E-state index contributed by atoms with van der Waals surface area (Å²) in [7, 11) is 0. The minimum absolute atomic E-state index is 0.755. The molecule has 1 aromatic heterocycles. The van der Waals surface area contributed by atoms with Crippen LogP contribution in [0.2, 0.25) is 0 Å². The summed E-state index contributed by atoms with van der Waals surface area (Å²) >= 11 is 0. The summed E-state index contributed by atoms with van der Waals surface area (Å²) in [6.45, 7) is 0. The van der Waals surface area contributed by atoms with Gasteiger partial charge in [0.25, 0.3) is 0 Å². The van der Waals surface area contributed by atoms with Gasteiger partial charge in [-0.1, -0.05) is 0 Å². The fourth-order valence-electron chi connectivity index (χ4n) is 0.530. The van der Waals surface area contributed by atoms with Gasteiger partial charge in [0.2, 0.25) is 0 Å². The molecule has 0 unspecified atom stereocenters. The molecule has 0 aromatic carbocycles. The summed E-state index contributed by atoms with van der Waals surface area (Å²) in [5, 5.41) is 24.1. The molecule has 0 aliphatic heterocycles. The molecular weight excluding hydrogens is 190 g/mol. The number of carboxylic acids is 2. The van der Waals surface area contributed by atoms with E-state index in [4.69, 9.17) is 15.3 Å². The Morgan fingerprint density at radius 1 is 1.21 bits per heavy atom. The molecule has 6 heteroatoms. The summed E-state index contributed by atoms with van der Waals surface area (Å²) < 4.78 is 0. The van der Waals surface area contributed by atoms with Crippen LogP contribution in [0.1, 0.15) is 6.42 Å². The van der Waals surface area contributed by atoms with Crippen molar-refractivity contribution in [3.05, 3.63) is 24.5 Å². The van der Waals surface area contributed by atoms with Gasteiger partial charge in [0, 0.05) is 12.4 Å². The number of hydrogen-bond donors (Lipinski definition) is 4. The first-order chi connectivity index (χ1) is 6.54. The number of carboxylic acid groups (broad SMARTS) is 2. The lowest BCUT2D eigenvalue weighted by atomic mass is 10.3. The van der Waals surface area contributed by atoms with Crippen LogP contribution in [-0.2, 0) is 9.59 Å². The number of aromatic amines is 1. The first-order valence-corrected chi connectivity index (χ1v) is 3.74. The minimum atomic E-state index is -1.79. The van der Waals surface area contributed by atoms with Gasteiger partial charge in [-0.3, -0.25) is 4.79 Å². The van der Waals surface area contributed by atoms with Crippen molar-refractivity contribution in [3.8, 4) is 0 Å². The lowest BCUT2D eigenvalue weighted by Crippen LogP contribution is -2.22. The highest BCUT2D eigenvalue weighted by atomic mass is 16.4. The maximum atomic E-state index is 9.72. The van der Waals surface area contributed by atoms with Crippen LogP contribution in [0.25, 0.3) is 0 Å². The van der Waals surface area contributed by atoms with Crippen molar-refractivity contribution < 1.29 is 24.9 Å². The third-order valence-corrected chi connectivity index (χ3v) is 1.15. The number of aliphatic hydroxyl groups excluding tert-OH is 1. The Bertz CT molecular complexity index is 252. The van der Waals surface area contributed by atoms with Crippen LogP contribution in [-0.4, -0.2) is 38.3 Å². The molecule has 1 atom stereocenters. The van der Waals surface area contributed by atoms with Crippen molar-refractivity contribution in [1.82, 2.24) is 4.98 Å². The molecule has 0 bridgehead atoms. The summed E-state index contributed by atoms with van der Waals surface area (Å²) in [5.41, 5.74) is 0. The van der Waals surface area contributed by atoms with Crippen molar-refractivity contribution in [2.24, 2.45) is 0 Å². The first kappa shape index (κ1) is 12.2. The van der Waals surface area contributed by atoms with E-state index in [9.17, 15) is 9.59 Å². The molecule has 0 aliphatic carbocycles. The summed E-state index contributed by atoms with van der Waals surface area (Å²) in [5.74, 6) is -2.85. The van der Waals surface area contributed by atoms with Crippen molar-refractivity contribution in [3.63, 3.8) is 0 Å². The highest BCUT2D eigenvalue weighted by Gasteiger charge is 2.16. The fraction of sp³-hybridized carbons (Fsp3) is 0.250. The molecule has 0 amide bonds. The third-order valence-electron chi connectivity index (χ3n) is 1.15. The molecule has 1 aromatic rings. The van der Waals surface area contributed by atoms with Crippen LogP contribution >= 0.6 is 0 Å². The zero-order valence-corrected chi connectivity index (χ0v) is 7.25. The van der Waals surface area contributed by atoms with Crippen LogP contribution in [0.15, 0.2) is 24.5 Å². The Morgan fingerprint density at radius 2 is 1.71 bits per heavy atom. The first-order valence-electron chi connectivity index (χ1n) is 3.74. The molecule has 0 fully saturated rings. The van der Waals surface area contributed by atoms with Crippen LogP contribution < -0.4 is 0 Å². The molecule has 0 aliphatic rings. The van der Waals surface area contributed by atoms with E-state index in [1.807, 2.05) is 24.5 Å². The smallest absolute Gasteiger partial charge is 0.333 e. The molecule has 78 valence electrons. The zero-order chi connectivity index (χ0) is 11.0. The fourth-order valence-corrected chi connectivity index (χ4v) is 0.530. The lowest BCUT2D eigenvalue weighted by molar-refractivity contribution is -0.152. The van der Waals surface area contributed by atoms with Gasteiger partial charge in [-0.25, -0.2) is 4.79 Å². The Hall–Kier alpha value is -1.82. The van der Waals surface area contributed by atoms with E-state index >= 15 is 0 Å². The largest absolute Gasteiger partial charge is 0.481 e. The number of aromatic nitrogens is 1. The van der Waals surface area contributed by atoms with Crippen LogP contribution in [0, 0.1) is 0 Å². The standard InChI is InChI=1S/C4H5N.C4H6O5/c1-2-4-5-3-1;5-2(4(8)9)1-3(6)7/h1-5H;2,5H,1H2,(H,6,7)(H,8,9)/t;2-/m.0/s1. The minimum Gasteiger partial charge on any atom is -0.481 e. The molecule has 1 rings (SSSR count). The van der Waals surface area contributed by atoms with Gasteiger partial charge >= 0.3 is 11.9 Å². The average Bonchev–Trinajstić information content (AvgIpc) is 2.59. The molecular formula is C8H11NO5. The Kier molecular flexibility index (Phi) is 5.80. The quantitative estimate of drug-likeness (QED) is 0.546. The maximum Gasteiger partial charge on any atom is 0.333 e. The van der Waals surface area contributed by atoms with Crippen molar-refractivity contribution >= 4 is 11.9 Å². The second-order valence-electron chi connectivity index (χ2n) is 2.34. The van der Waals surface area contributed by atoms with Crippen molar-refractivity contribution in [2.75, 3.05) is 0 Å². The van der Waals surface area contributed by atoms with E-state index in [0.717, 1.165) is 0 Å². The average molecular weight is 201 g/mol. The second-order valence-corrected chi connectivity index (χ2v) is 2.34. The topological polar surface area (TPSA) is 111 Å². The van der Waals surface area contributed by atoms with Crippen LogP contribution in [0.5, 0.6) is 0 Å². The SMILES string of the molecule is O=C(O)C[C@H](O)C(=O)O.c1cc[nH]c1. The lowest BCUT2D eigenvalue weighted by Gasteiger charge is -1.97. The predicted octanol–water partition coefficient (Wildman–Crippen LogP) is -0.0787. The van der Waals surface area contributed by atoms with E-state index in [-0.39, 0.29) is 0 Å². The van der Waals surface area contributed by atoms with Gasteiger partial charge in [0.05, 0.1) is 6.42 Å². The Labute approximate surface area is 79.8 Å². The van der Waals surface area contributed by atoms with E-state index in [1.165, 1.54) is 0 Å². The van der Waals surface area contributed by atoms with Gasteiger partial charge in [0.15, 0.2) is 6.10 Å². The number of rotatable bonds is 3. The Morgan fingerprint density at radius 3 is 1.86 bits per heavy atom. The van der Waals surface area contributed by atoms with Crippen LogP contribution in [0.4, 0.5) is 0 Å². The second kappa shape index (κ2) is 6.67. The molecule has 6 nitrogen and oxygen atoms in total. The highest BCUT2D eigenvalue weighted by Crippen LogP contribution is 1.89. The number of aliphatic carboxylic acids is 2. The summed E-state index contributed by atoms with van der Waals surface area (Å²) in [6, 6.07) is 3.89. The van der Waals surface area contributed by atoms with Gasteiger partial charge < -0.3 is 20.3 Å². The molecule has 0 spiro atoms. The summed E-state index contributed by atoms with van der Waals surface area (Å²) in [6.07, 6.45) is 1.21. The number of nitrogens with one attached hydrogen (secondary N) is 1. The Balaban J connectivity index is 0.000000280. The zero-order valence-electron chi connectivity index (χ0n) is 7.25. The molecule has 14 heavy (non-hydrogen) atoms. The molecule has 1 heterocycles. The molecule has 0 radical (unpaired) electrons. The van der Waals surface area contributed by atoms with E-state index in [0.29, 0.717) is 0 Å². The number of hydrogen-bond acceptors (Lipinski definition) is 3. The monoisotopic (exact) mass is 201 g/mol. The van der Waals surface area contributed by atoms with Gasteiger partial charge in [0.1, 0.15) is 0 Å². The van der Waals surface area contributed by atoms with Gasteiger partial charge in [-0.15, -0.1) is 0 Å². The molecule has 0 saturated heterocycles. The molecule has 0 saturated carbocycles. The molecule has 4 N–H and O–H groups in total. The highest BCUT2D eigenvalue weighted by molar-refractivity contribution is 5.79.